The Morgan fingerprint density at radius 3 is 2.90 bits per heavy atom. The highest BCUT2D eigenvalue weighted by molar-refractivity contribution is 7.94. The van der Waals surface area contributed by atoms with Crippen molar-refractivity contribution in [3.05, 3.63) is 39.1 Å². The normalized spacial score (nSPS) is 13.8. The van der Waals surface area contributed by atoms with Gasteiger partial charge in [-0.3, -0.25) is 9.52 Å². The Hall–Kier alpha value is -1.80. The first-order chi connectivity index (χ1) is 9.45. The van der Waals surface area contributed by atoms with E-state index in [1.807, 2.05) is 0 Å². The number of nitrogens with one attached hydrogen (secondary N) is 2. The Kier molecular flexibility index (Phi) is 3.06. The van der Waals surface area contributed by atoms with Crippen molar-refractivity contribution in [2.24, 2.45) is 0 Å². The number of rotatable bonds is 3. The fourth-order valence-electron chi connectivity index (χ4n) is 2.10. The average Bonchev–Trinajstić information content (AvgIpc) is 2.94. The van der Waals surface area contributed by atoms with Crippen LogP contribution >= 0.6 is 11.3 Å². The largest absolute Gasteiger partial charge is 0.493 e. The molecule has 2 N–H and O–H groups in total. The Labute approximate surface area is 119 Å². The third-order valence-electron chi connectivity index (χ3n) is 2.97. The molecule has 0 amide bonds. The van der Waals surface area contributed by atoms with Gasteiger partial charge in [-0.25, -0.2) is 8.42 Å². The van der Waals surface area contributed by atoms with Crippen LogP contribution in [0.5, 0.6) is 5.75 Å². The van der Waals surface area contributed by atoms with Gasteiger partial charge in [0.15, 0.2) is 4.21 Å². The molecule has 0 unspecified atom stereocenters. The first-order valence-electron chi connectivity index (χ1n) is 5.94. The summed E-state index contributed by atoms with van der Waals surface area (Å²) in [4.78, 5) is 13.3. The van der Waals surface area contributed by atoms with Crippen molar-refractivity contribution in [2.75, 3.05) is 11.3 Å². The van der Waals surface area contributed by atoms with Crippen molar-refractivity contribution in [3.8, 4) is 5.75 Å². The number of thiazole rings is 1. The predicted molar refractivity (Wildman–Crippen MR) is 76.1 cm³/mol. The van der Waals surface area contributed by atoms with Gasteiger partial charge in [0.1, 0.15) is 5.75 Å². The summed E-state index contributed by atoms with van der Waals surface area (Å²) in [6, 6.07) is 5.14. The number of hydrogen-bond acceptors (Lipinski definition) is 5. The number of aromatic amines is 1. The van der Waals surface area contributed by atoms with Gasteiger partial charge < -0.3 is 9.72 Å². The SMILES string of the molecule is Cc1[nH]c(=O)sc1S(=O)(=O)Nc1ccc2c(c1)CCO2. The van der Waals surface area contributed by atoms with Crippen LogP contribution in [0, 0.1) is 6.92 Å². The van der Waals surface area contributed by atoms with Crippen LogP contribution < -0.4 is 14.3 Å². The Bertz CT molecular complexity index is 820. The fraction of sp³-hybridized carbons (Fsp3) is 0.250. The molecule has 0 fully saturated rings. The summed E-state index contributed by atoms with van der Waals surface area (Å²) in [5, 5.41) is 0. The third-order valence-corrected chi connectivity index (χ3v) is 5.95. The number of H-pyrrole nitrogens is 1. The lowest BCUT2D eigenvalue weighted by atomic mass is 10.1. The monoisotopic (exact) mass is 312 g/mol. The molecule has 8 heteroatoms. The standard InChI is InChI=1S/C12H12N2O4S2/c1-7-11(19-12(15)13-7)20(16,17)14-9-2-3-10-8(6-9)4-5-18-10/h2-3,6,14H,4-5H2,1H3,(H,13,15). The smallest absolute Gasteiger partial charge is 0.306 e. The number of fused-ring (bicyclic) bond motifs is 1. The molecule has 6 nitrogen and oxygen atoms in total. The number of benzene rings is 1. The van der Waals surface area contributed by atoms with E-state index in [1.165, 1.54) is 0 Å². The molecule has 1 aromatic heterocycles. The van der Waals surface area contributed by atoms with Crippen molar-refractivity contribution in [1.82, 2.24) is 4.98 Å². The highest BCUT2D eigenvalue weighted by Gasteiger charge is 2.21. The maximum Gasteiger partial charge on any atom is 0.306 e. The molecule has 0 saturated heterocycles. The zero-order chi connectivity index (χ0) is 14.3. The molecule has 0 aliphatic carbocycles. The second-order valence-electron chi connectivity index (χ2n) is 4.45. The Morgan fingerprint density at radius 2 is 2.20 bits per heavy atom. The van der Waals surface area contributed by atoms with Crippen molar-refractivity contribution in [3.63, 3.8) is 0 Å². The van der Waals surface area contributed by atoms with Crippen LogP contribution in [0.4, 0.5) is 5.69 Å². The van der Waals surface area contributed by atoms with Gasteiger partial charge in [0.2, 0.25) is 0 Å². The topological polar surface area (TPSA) is 88.3 Å². The van der Waals surface area contributed by atoms with Gasteiger partial charge >= 0.3 is 4.87 Å². The lowest BCUT2D eigenvalue weighted by Crippen LogP contribution is -2.12. The van der Waals surface area contributed by atoms with Gasteiger partial charge in [-0.2, -0.15) is 0 Å². The summed E-state index contributed by atoms with van der Waals surface area (Å²) >= 11 is 0.680. The molecular formula is C12H12N2O4S2. The van der Waals surface area contributed by atoms with E-state index >= 15 is 0 Å². The highest BCUT2D eigenvalue weighted by Crippen LogP contribution is 2.29. The van der Waals surface area contributed by atoms with Crippen LogP contribution in [0.2, 0.25) is 0 Å². The average molecular weight is 312 g/mol. The van der Waals surface area contributed by atoms with E-state index in [4.69, 9.17) is 4.74 Å². The summed E-state index contributed by atoms with van der Waals surface area (Å²) in [6.45, 7) is 2.17. The second-order valence-corrected chi connectivity index (χ2v) is 7.31. The molecule has 0 radical (unpaired) electrons. The number of aryl methyl sites for hydroxylation is 1. The van der Waals surface area contributed by atoms with Crippen LogP contribution in [-0.4, -0.2) is 20.0 Å². The number of aromatic nitrogens is 1. The maximum atomic E-state index is 12.2. The van der Waals surface area contributed by atoms with E-state index < -0.39 is 10.0 Å². The molecule has 1 aliphatic heterocycles. The lowest BCUT2D eigenvalue weighted by Gasteiger charge is -2.08. The van der Waals surface area contributed by atoms with E-state index in [2.05, 4.69) is 9.71 Å². The number of hydrogen-bond donors (Lipinski definition) is 2. The molecule has 0 atom stereocenters. The summed E-state index contributed by atoms with van der Waals surface area (Å²) in [5.41, 5.74) is 1.79. The van der Waals surface area contributed by atoms with Crippen LogP contribution in [0.25, 0.3) is 0 Å². The zero-order valence-electron chi connectivity index (χ0n) is 10.6. The van der Waals surface area contributed by atoms with Crippen LogP contribution in [0.3, 0.4) is 0 Å². The molecule has 106 valence electrons. The Balaban J connectivity index is 1.94. The molecule has 2 aromatic rings. The van der Waals surface area contributed by atoms with E-state index in [1.54, 1.807) is 25.1 Å². The molecule has 0 saturated carbocycles. The minimum absolute atomic E-state index is 0.0132. The predicted octanol–water partition coefficient (Wildman–Crippen LogP) is 1.48. The van der Waals surface area contributed by atoms with Gasteiger partial charge in [0, 0.05) is 17.8 Å². The van der Waals surface area contributed by atoms with E-state index in [9.17, 15) is 13.2 Å². The first kappa shape index (κ1) is 13.2. The molecule has 1 aliphatic rings. The molecular weight excluding hydrogens is 300 g/mol. The number of anilines is 1. The van der Waals surface area contributed by atoms with Crippen molar-refractivity contribution in [2.45, 2.75) is 17.6 Å². The maximum absolute atomic E-state index is 12.2. The van der Waals surface area contributed by atoms with Crippen molar-refractivity contribution >= 4 is 27.0 Å². The minimum Gasteiger partial charge on any atom is -0.493 e. The number of sulfonamides is 1. The molecule has 0 spiro atoms. The zero-order valence-corrected chi connectivity index (χ0v) is 12.2. The van der Waals surface area contributed by atoms with E-state index in [-0.39, 0.29) is 9.08 Å². The van der Waals surface area contributed by atoms with Gasteiger partial charge in [0.05, 0.1) is 6.61 Å². The first-order valence-corrected chi connectivity index (χ1v) is 8.24. The van der Waals surface area contributed by atoms with Gasteiger partial charge in [-0.15, -0.1) is 0 Å². The van der Waals surface area contributed by atoms with Crippen molar-refractivity contribution in [1.29, 1.82) is 0 Å². The van der Waals surface area contributed by atoms with E-state index in [0.717, 1.165) is 17.7 Å². The summed E-state index contributed by atoms with van der Waals surface area (Å²) in [6.07, 6.45) is 0.765. The minimum atomic E-state index is -3.74. The van der Waals surface area contributed by atoms with Gasteiger partial charge in [0.25, 0.3) is 10.0 Å². The van der Waals surface area contributed by atoms with Crippen LogP contribution in [-0.2, 0) is 16.4 Å². The molecule has 2 heterocycles. The van der Waals surface area contributed by atoms with Crippen LogP contribution in [0.1, 0.15) is 11.3 Å². The lowest BCUT2D eigenvalue weighted by molar-refractivity contribution is 0.357. The second kappa shape index (κ2) is 4.64. The summed E-state index contributed by atoms with van der Waals surface area (Å²) < 4.78 is 32.4. The fourth-order valence-corrected chi connectivity index (χ4v) is 4.45. The van der Waals surface area contributed by atoms with E-state index in [0.29, 0.717) is 29.3 Å². The molecule has 3 rings (SSSR count). The molecule has 20 heavy (non-hydrogen) atoms. The van der Waals surface area contributed by atoms with Crippen LogP contribution in [0.15, 0.2) is 27.2 Å². The quantitative estimate of drug-likeness (QED) is 0.898. The summed E-state index contributed by atoms with van der Waals surface area (Å²) in [5.74, 6) is 0.787. The molecule has 1 aromatic carbocycles. The van der Waals surface area contributed by atoms with Gasteiger partial charge in [-0.05, 0) is 30.7 Å². The summed E-state index contributed by atoms with van der Waals surface area (Å²) in [7, 11) is -3.74. The van der Waals surface area contributed by atoms with Crippen molar-refractivity contribution < 1.29 is 13.2 Å². The Morgan fingerprint density at radius 1 is 1.40 bits per heavy atom. The number of ether oxygens (including phenoxy) is 1. The highest BCUT2D eigenvalue weighted by atomic mass is 32.2. The molecule has 0 bridgehead atoms. The third kappa shape index (κ3) is 2.32. The van der Waals surface area contributed by atoms with Gasteiger partial charge in [-0.1, -0.05) is 11.3 Å².